The summed E-state index contributed by atoms with van der Waals surface area (Å²) in [5, 5.41) is 21.4. The van der Waals surface area contributed by atoms with Gasteiger partial charge in [-0.15, -0.1) is 0 Å². The van der Waals surface area contributed by atoms with Crippen molar-refractivity contribution in [2.75, 3.05) is 0 Å². The number of fused-ring (bicyclic) bond motifs is 5. The summed E-state index contributed by atoms with van der Waals surface area (Å²) in [6, 6.07) is 0. The number of aliphatic hydroxyl groups is 2. The van der Waals surface area contributed by atoms with E-state index in [1.54, 1.807) is 0 Å². The molecule has 0 radical (unpaired) electrons. The Bertz CT molecular complexity index is 622. The van der Waals surface area contributed by atoms with Crippen molar-refractivity contribution in [1.29, 1.82) is 0 Å². The van der Waals surface area contributed by atoms with Gasteiger partial charge in [-0.1, -0.05) is 34.1 Å². The van der Waals surface area contributed by atoms with Gasteiger partial charge >= 0.3 is 0 Å². The first kappa shape index (κ1) is 23.1. The number of hydrogen-bond acceptors (Lipinski definition) is 2. The molecule has 0 aromatic carbocycles. The van der Waals surface area contributed by atoms with Crippen LogP contribution in [0.3, 0.4) is 0 Å². The lowest BCUT2D eigenvalue weighted by molar-refractivity contribution is -0.146. The number of hydrogen-bond donors (Lipinski definition) is 2. The highest BCUT2D eigenvalue weighted by atomic mass is 16.3. The van der Waals surface area contributed by atoms with Gasteiger partial charge in [-0.2, -0.15) is 0 Å². The summed E-state index contributed by atoms with van der Waals surface area (Å²) >= 11 is 0. The van der Waals surface area contributed by atoms with E-state index in [0.717, 1.165) is 48.9 Å². The summed E-state index contributed by atoms with van der Waals surface area (Å²) in [6.45, 7) is 13.7. The molecule has 0 aromatic heterocycles. The average Bonchev–Trinajstić information content (AvgIpc) is 2.98. The van der Waals surface area contributed by atoms with Crippen molar-refractivity contribution in [3.05, 3.63) is 0 Å². The summed E-state index contributed by atoms with van der Waals surface area (Å²) in [5.41, 5.74) is 0.0797. The van der Waals surface area contributed by atoms with Crippen LogP contribution in [0.2, 0.25) is 0 Å². The Hall–Kier alpha value is -0.0800. The van der Waals surface area contributed by atoms with Crippen molar-refractivity contribution in [2.45, 2.75) is 130 Å². The predicted molar refractivity (Wildman–Crippen MR) is 125 cm³/mol. The summed E-state index contributed by atoms with van der Waals surface area (Å²) in [5.74, 6) is 4.69. The van der Waals surface area contributed by atoms with Crippen LogP contribution >= 0.6 is 0 Å². The second-order valence-corrected chi connectivity index (χ2v) is 13.6. The molecule has 0 aliphatic heterocycles. The summed E-state index contributed by atoms with van der Waals surface area (Å²) in [6.07, 6.45) is 15.2. The first-order valence-electron chi connectivity index (χ1n) is 13.3. The van der Waals surface area contributed by atoms with Crippen molar-refractivity contribution in [1.82, 2.24) is 0 Å². The molecule has 9 atom stereocenters. The van der Waals surface area contributed by atoms with E-state index in [-0.39, 0.29) is 0 Å². The third-order valence-corrected chi connectivity index (χ3v) is 11.6. The molecule has 0 spiro atoms. The predicted octanol–water partition coefficient (Wildman–Crippen LogP) is 6.97. The van der Waals surface area contributed by atoms with Crippen LogP contribution in [0.4, 0.5) is 0 Å². The molecule has 30 heavy (non-hydrogen) atoms. The van der Waals surface area contributed by atoms with E-state index < -0.39 is 11.2 Å². The lowest BCUT2D eigenvalue weighted by atomic mass is 9.44. The molecule has 0 heterocycles. The molecule has 2 nitrogen and oxygen atoms in total. The molecule has 0 saturated heterocycles. The first-order chi connectivity index (χ1) is 13.9. The largest absolute Gasteiger partial charge is 0.390 e. The Balaban J connectivity index is 1.43. The lowest BCUT2D eigenvalue weighted by Gasteiger charge is -2.62. The maximum Gasteiger partial charge on any atom is 0.0642 e. The third kappa shape index (κ3) is 3.81. The minimum absolute atomic E-state index is 0.340. The maximum atomic E-state index is 10.7. The molecule has 8 unspecified atom stereocenters. The van der Waals surface area contributed by atoms with Gasteiger partial charge in [0.1, 0.15) is 0 Å². The molecule has 4 fully saturated rings. The van der Waals surface area contributed by atoms with Crippen LogP contribution < -0.4 is 0 Å². The monoisotopic (exact) mass is 418 g/mol. The van der Waals surface area contributed by atoms with E-state index in [1.807, 2.05) is 6.92 Å². The third-order valence-electron chi connectivity index (χ3n) is 11.6. The van der Waals surface area contributed by atoms with Gasteiger partial charge < -0.3 is 10.2 Å². The molecule has 4 saturated carbocycles. The molecular formula is C28H50O2. The Kier molecular flexibility index (Phi) is 5.97. The topological polar surface area (TPSA) is 40.5 Å². The van der Waals surface area contributed by atoms with Crippen LogP contribution in [0.25, 0.3) is 0 Å². The zero-order chi connectivity index (χ0) is 21.9. The molecule has 2 heteroatoms. The van der Waals surface area contributed by atoms with Gasteiger partial charge in [-0.25, -0.2) is 0 Å². The summed E-state index contributed by atoms with van der Waals surface area (Å²) in [7, 11) is 0. The molecule has 0 amide bonds. The van der Waals surface area contributed by atoms with Crippen molar-refractivity contribution < 1.29 is 10.2 Å². The van der Waals surface area contributed by atoms with Gasteiger partial charge in [0.25, 0.3) is 0 Å². The van der Waals surface area contributed by atoms with E-state index in [9.17, 15) is 10.2 Å². The van der Waals surface area contributed by atoms with Crippen LogP contribution in [0.1, 0.15) is 119 Å². The van der Waals surface area contributed by atoms with Gasteiger partial charge in [0.05, 0.1) is 11.2 Å². The van der Waals surface area contributed by atoms with Crippen molar-refractivity contribution >= 4 is 0 Å². The fraction of sp³-hybridized carbons (Fsp3) is 1.00. The van der Waals surface area contributed by atoms with Crippen LogP contribution in [0.5, 0.6) is 0 Å². The Morgan fingerprint density at radius 3 is 2.30 bits per heavy atom. The van der Waals surface area contributed by atoms with E-state index in [2.05, 4.69) is 34.6 Å². The highest BCUT2D eigenvalue weighted by Crippen LogP contribution is 2.68. The quantitative estimate of drug-likeness (QED) is 0.506. The van der Waals surface area contributed by atoms with Crippen LogP contribution in [-0.4, -0.2) is 21.4 Å². The normalized spacial score (nSPS) is 50.5. The Morgan fingerprint density at radius 1 is 0.900 bits per heavy atom. The summed E-state index contributed by atoms with van der Waals surface area (Å²) < 4.78 is 0. The van der Waals surface area contributed by atoms with E-state index >= 15 is 0 Å². The molecule has 4 aliphatic carbocycles. The first-order valence-corrected chi connectivity index (χ1v) is 13.3. The molecule has 4 aliphatic rings. The van der Waals surface area contributed by atoms with Gasteiger partial charge in [0.2, 0.25) is 0 Å². The maximum absolute atomic E-state index is 10.7. The minimum atomic E-state index is -0.508. The van der Waals surface area contributed by atoms with Crippen LogP contribution in [0.15, 0.2) is 0 Å². The van der Waals surface area contributed by atoms with Gasteiger partial charge in [-0.3, -0.25) is 0 Å². The molecule has 2 N–H and O–H groups in total. The lowest BCUT2D eigenvalue weighted by Crippen LogP contribution is -2.55. The highest BCUT2D eigenvalue weighted by Gasteiger charge is 2.60. The molecule has 0 aromatic rings. The Morgan fingerprint density at radius 2 is 1.60 bits per heavy atom. The average molecular weight is 419 g/mol. The SMILES string of the molecule is CC(C)C(C)(O)CCCC1CCC2C3CCC4C[C@@](C)(O)CCC4(C)C3CCC12C. The standard InChI is InChI=1S/C28H50O2/c1-19(2)28(6,30)14-7-8-20-10-12-23-22-11-9-21-18-25(3,29)16-17-27(21,5)24(22)13-15-26(20,23)4/h19-24,29-30H,7-18H2,1-6H3/t20?,21?,22?,23?,24?,25-,26?,27?,28?/m0/s1. The van der Waals surface area contributed by atoms with E-state index in [1.165, 1.54) is 57.8 Å². The van der Waals surface area contributed by atoms with Crippen molar-refractivity contribution in [3.8, 4) is 0 Å². The fourth-order valence-corrected chi connectivity index (χ4v) is 9.01. The van der Waals surface area contributed by atoms with Crippen molar-refractivity contribution in [2.24, 2.45) is 46.3 Å². The second-order valence-electron chi connectivity index (χ2n) is 13.6. The van der Waals surface area contributed by atoms with Crippen LogP contribution in [-0.2, 0) is 0 Å². The zero-order valence-corrected chi connectivity index (χ0v) is 20.8. The van der Waals surface area contributed by atoms with Gasteiger partial charge in [-0.05, 0) is 131 Å². The van der Waals surface area contributed by atoms with Crippen molar-refractivity contribution in [3.63, 3.8) is 0 Å². The van der Waals surface area contributed by atoms with Gasteiger partial charge in [0, 0.05) is 0 Å². The minimum Gasteiger partial charge on any atom is -0.390 e. The molecule has 4 rings (SSSR count). The second kappa shape index (κ2) is 7.75. The fourth-order valence-electron chi connectivity index (χ4n) is 9.01. The Labute approximate surface area is 186 Å². The molecular weight excluding hydrogens is 368 g/mol. The van der Waals surface area contributed by atoms with Gasteiger partial charge in [0.15, 0.2) is 0 Å². The summed E-state index contributed by atoms with van der Waals surface area (Å²) in [4.78, 5) is 0. The van der Waals surface area contributed by atoms with E-state index in [0.29, 0.717) is 16.7 Å². The highest BCUT2D eigenvalue weighted by molar-refractivity contribution is 5.10. The zero-order valence-electron chi connectivity index (χ0n) is 20.8. The molecule has 174 valence electrons. The smallest absolute Gasteiger partial charge is 0.0642 e. The van der Waals surface area contributed by atoms with Crippen LogP contribution in [0, 0.1) is 46.3 Å². The van der Waals surface area contributed by atoms with E-state index in [4.69, 9.17) is 0 Å². The molecule has 0 bridgehead atoms. The number of rotatable bonds is 5.